The Morgan fingerprint density at radius 2 is 1.82 bits per heavy atom. The molecule has 1 heterocycles. The van der Waals surface area contributed by atoms with Crippen LogP contribution in [0.1, 0.15) is 17.1 Å². The molecule has 1 amide bonds. The smallest absolute Gasteiger partial charge is 0.254 e. The van der Waals surface area contributed by atoms with E-state index in [1.165, 1.54) is 12.1 Å². The zero-order valence-corrected chi connectivity index (χ0v) is 14.0. The van der Waals surface area contributed by atoms with Crippen molar-refractivity contribution in [2.75, 3.05) is 5.32 Å². The van der Waals surface area contributed by atoms with Crippen molar-refractivity contribution in [3.63, 3.8) is 0 Å². The number of nitrogens with one attached hydrogen (secondary N) is 2. The number of halogens is 3. The third kappa shape index (κ3) is 3.80. The van der Waals surface area contributed by atoms with Gasteiger partial charge in [0.25, 0.3) is 5.56 Å². The second-order valence-corrected chi connectivity index (χ2v) is 5.91. The molecule has 0 radical (unpaired) electrons. The van der Waals surface area contributed by atoms with E-state index >= 15 is 0 Å². The predicted octanol–water partition coefficient (Wildman–Crippen LogP) is 3.53. The molecule has 0 spiro atoms. The van der Waals surface area contributed by atoms with Crippen LogP contribution < -0.4 is 10.9 Å². The Hall–Kier alpha value is -1.56. The second kappa shape index (κ2) is 6.69. The van der Waals surface area contributed by atoms with Crippen LogP contribution in [-0.2, 0) is 11.2 Å². The Morgan fingerprint density at radius 1 is 1.18 bits per heavy atom. The summed E-state index contributed by atoms with van der Waals surface area (Å²) in [5.41, 5.74) is 0.812. The third-order valence-corrected chi connectivity index (χ3v) is 4.00. The first-order valence-corrected chi connectivity index (χ1v) is 7.42. The van der Waals surface area contributed by atoms with E-state index in [4.69, 9.17) is 34.8 Å². The van der Waals surface area contributed by atoms with Crippen molar-refractivity contribution in [3.8, 4) is 0 Å². The highest BCUT2D eigenvalue weighted by Crippen LogP contribution is 2.32. The molecule has 2 rings (SSSR count). The normalized spacial score (nSPS) is 10.6. The summed E-state index contributed by atoms with van der Waals surface area (Å²) >= 11 is 17.7. The summed E-state index contributed by atoms with van der Waals surface area (Å²) in [6.45, 7) is 3.35. The van der Waals surface area contributed by atoms with Crippen molar-refractivity contribution in [1.82, 2.24) is 9.97 Å². The van der Waals surface area contributed by atoms with Gasteiger partial charge in [-0.15, -0.1) is 0 Å². The molecule has 116 valence electrons. The van der Waals surface area contributed by atoms with Crippen molar-refractivity contribution in [3.05, 3.63) is 54.6 Å². The van der Waals surface area contributed by atoms with Gasteiger partial charge in [0.2, 0.25) is 5.91 Å². The van der Waals surface area contributed by atoms with Gasteiger partial charge in [-0.05, 0) is 26.0 Å². The molecule has 0 aliphatic heterocycles. The first-order chi connectivity index (χ1) is 10.3. The molecule has 22 heavy (non-hydrogen) atoms. The summed E-state index contributed by atoms with van der Waals surface area (Å²) in [4.78, 5) is 30.7. The Balaban J connectivity index is 2.21. The average Bonchev–Trinajstić information content (AvgIpc) is 2.40. The third-order valence-electron chi connectivity index (χ3n) is 2.96. The van der Waals surface area contributed by atoms with E-state index in [0.717, 1.165) is 0 Å². The fourth-order valence-corrected chi connectivity index (χ4v) is 2.53. The predicted molar refractivity (Wildman–Crippen MR) is 88.1 cm³/mol. The maximum absolute atomic E-state index is 12.1. The highest BCUT2D eigenvalue weighted by molar-refractivity contribution is 6.44. The van der Waals surface area contributed by atoms with Gasteiger partial charge in [0.1, 0.15) is 5.82 Å². The minimum absolute atomic E-state index is 0.120. The Labute approximate surface area is 141 Å². The van der Waals surface area contributed by atoms with Gasteiger partial charge < -0.3 is 10.3 Å². The van der Waals surface area contributed by atoms with Gasteiger partial charge in [0, 0.05) is 11.3 Å². The van der Waals surface area contributed by atoms with Crippen molar-refractivity contribution < 1.29 is 4.79 Å². The zero-order chi connectivity index (χ0) is 16.4. The lowest BCUT2D eigenvalue weighted by Crippen LogP contribution is -2.24. The van der Waals surface area contributed by atoms with E-state index < -0.39 is 5.91 Å². The van der Waals surface area contributed by atoms with Crippen LogP contribution in [0.3, 0.4) is 0 Å². The van der Waals surface area contributed by atoms with Gasteiger partial charge in [-0.1, -0.05) is 34.8 Å². The van der Waals surface area contributed by atoms with E-state index in [9.17, 15) is 9.59 Å². The van der Waals surface area contributed by atoms with Crippen LogP contribution in [-0.4, -0.2) is 15.9 Å². The Morgan fingerprint density at radius 3 is 2.45 bits per heavy atom. The highest BCUT2D eigenvalue weighted by atomic mass is 35.5. The Bertz CT molecular complexity index is 803. The number of aryl methyl sites for hydroxylation is 2. The number of aromatic amines is 1. The summed E-state index contributed by atoms with van der Waals surface area (Å²) in [6.07, 6.45) is -0.120. The molecular weight excluding hydrogens is 349 g/mol. The number of nitrogens with zero attached hydrogens (tertiary/aromatic N) is 1. The molecule has 5 nitrogen and oxygen atoms in total. The van der Waals surface area contributed by atoms with E-state index in [1.54, 1.807) is 13.8 Å². The average molecular weight is 361 g/mol. The van der Waals surface area contributed by atoms with E-state index in [1.807, 2.05) is 0 Å². The van der Waals surface area contributed by atoms with Crippen molar-refractivity contribution >= 4 is 46.4 Å². The van der Waals surface area contributed by atoms with Gasteiger partial charge >= 0.3 is 0 Å². The van der Waals surface area contributed by atoms with E-state index in [-0.39, 0.29) is 22.0 Å². The number of hydrogen-bond donors (Lipinski definition) is 2. The molecule has 0 saturated carbocycles. The molecule has 0 atom stereocenters. The number of aromatic nitrogens is 2. The monoisotopic (exact) mass is 359 g/mol. The number of H-pyrrole nitrogens is 1. The van der Waals surface area contributed by atoms with Crippen LogP contribution >= 0.6 is 34.8 Å². The number of benzene rings is 1. The number of carbonyl (C=O) groups excluding carboxylic acids is 1. The molecule has 0 aliphatic rings. The van der Waals surface area contributed by atoms with Crippen LogP contribution in [0.4, 0.5) is 5.69 Å². The lowest BCUT2D eigenvalue weighted by Gasteiger charge is -2.09. The second-order valence-electron chi connectivity index (χ2n) is 4.69. The summed E-state index contributed by atoms with van der Waals surface area (Å²) in [6, 6.07) is 2.89. The van der Waals surface area contributed by atoms with Gasteiger partial charge in [-0.2, -0.15) is 0 Å². The van der Waals surface area contributed by atoms with Crippen molar-refractivity contribution in [2.24, 2.45) is 0 Å². The molecule has 0 fully saturated rings. The maximum atomic E-state index is 12.1. The number of hydrogen-bond acceptors (Lipinski definition) is 3. The highest BCUT2D eigenvalue weighted by Gasteiger charge is 2.14. The van der Waals surface area contributed by atoms with Crippen LogP contribution in [0.5, 0.6) is 0 Å². The summed E-state index contributed by atoms with van der Waals surface area (Å²) < 4.78 is 0. The van der Waals surface area contributed by atoms with Gasteiger partial charge in [0.05, 0.1) is 27.2 Å². The molecule has 0 unspecified atom stereocenters. The van der Waals surface area contributed by atoms with Crippen LogP contribution in [0, 0.1) is 13.8 Å². The van der Waals surface area contributed by atoms with Gasteiger partial charge in [-0.25, -0.2) is 4.98 Å². The first-order valence-electron chi connectivity index (χ1n) is 6.28. The Kier molecular flexibility index (Phi) is 5.11. The molecule has 1 aromatic carbocycles. The number of rotatable bonds is 3. The summed E-state index contributed by atoms with van der Waals surface area (Å²) in [5, 5.41) is 3.42. The van der Waals surface area contributed by atoms with Crippen molar-refractivity contribution in [2.45, 2.75) is 20.3 Å². The minimum Gasteiger partial charge on any atom is -0.324 e. The number of carbonyl (C=O) groups is 1. The molecule has 2 aromatic rings. The molecular formula is C14H12Cl3N3O2. The van der Waals surface area contributed by atoms with Crippen LogP contribution in [0.25, 0.3) is 0 Å². The molecule has 0 saturated heterocycles. The topological polar surface area (TPSA) is 74.8 Å². The summed E-state index contributed by atoms with van der Waals surface area (Å²) in [5.74, 6) is 0.0960. The standard InChI is InChI=1S/C14H12Cl3N3O2/c1-6-8(14(22)19-7(2)18-6)3-13(21)20-12-5-10(16)9(15)4-11(12)17/h4-5H,3H2,1-2H3,(H,20,21)(H,18,19,22). The summed E-state index contributed by atoms with van der Waals surface area (Å²) in [7, 11) is 0. The zero-order valence-electron chi connectivity index (χ0n) is 11.8. The quantitative estimate of drug-likeness (QED) is 0.822. The fraction of sp³-hybridized carbons (Fsp3) is 0.214. The molecule has 0 aliphatic carbocycles. The van der Waals surface area contributed by atoms with E-state index in [2.05, 4.69) is 15.3 Å². The first kappa shape index (κ1) is 16.8. The van der Waals surface area contributed by atoms with Gasteiger partial charge in [-0.3, -0.25) is 9.59 Å². The largest absolute Gasteiger partial charge is 0.324 e. The van der Waals surface area contributed by atoms with E-state index in [0.29, 0.717) is 27.8 Å². The lowest BCUT2D eigenvalue weighted by molar-refractivity contribution is -0.115. The van der Waals surface area contributed by atoms with Crippen molar-refractivity contribution in [1.29, 1.82) is 0 Å². The molecule has 2 N–H and O–H groups in total. The number of amides is 1. The number of anilines is 1. The fourth-order valence-electron chi connectivity index (χ4n) is 1.93. The van der Waals surface area contributed by atoms with Crippen LogP contribution in [0.15, 0.2) is 16.9 Å². The van der Waals surface area contributed by atoms with Crippen LogP contribution in [0.2, 0.25) is 15.1 Å². The molecule has 0 bridgehead atoms. The maximum Gasteiger partial charge on any atom is 0.254 e. The van der Waals surface area contributed by atoms with Gasteiger partial charge in [0.15, 0.2) is 0 Å². The minimum atomic E-state index is -0.403. The molecule has 1 aromatic heterocycles. The molecule has 8 heteroatoms. The SMILES string of the molecule is Cc1nc(C)c(CC(=O)Nc2cc(Cl)c(Cl)cc2Cl)c(=O)[nH]1. The lowest BCUT2D eigenvalue weighted by atomic mass is 10.1.